The monoisotopic (exact) mass is 162 g/mol. The third-order valence-electron chi connectivity index (χ3n) is 0.405. The number of hydrogen-bond donors (Lipinski definition) is 4. The number of hydrogen-bond acceptors (Lipinski definition) is 4. The van der Waals surface area contributed by atoms with Gasteiger partial charge in [-0.3, -0.25) is 0 Å². The van der Waals surface area contributed by atoms with Crippen molar-refractivity contribution in [3.05, 3.63) is 0 Å². The zero-order valence-electron chi connectivity index (χ0n) is 3.54. The topological polar surface area (TPSA) is 80.9 Å². The SMILES string of the molecule is OC(O)(Cl)C(O)(O)Cl. The van der Waals surface area contributed by atoms with E-state index >= 15 is 0 Å². The molecule has 4 N–H and O–H groups in total. The molecule has 0 heterocycles. The van der Waals surface area contributed by atoms with Crippen molar-refractivity contribution in [1.82, 2.24) is 0 Å². The lowest BCUT2D eigenvalue weighted by molar-refractivity contribution is -0.266. The second kappa shape index (κ2) is 1.98. The highest BCUT2D eigenvalue weighted by Crippen LogP contribution is 2.24. The van der Waals surface area contributed by atoms with E-state index in [0.29, 0.717) is 0 Å². The van der Waals surface area contributed by atoms with Gasteiger partial charge < -0.3 is 20.4 Å². The van der Waals surface area contributed by atoms with Crippen molar-refractivity contribution < 1.29 is 20.4 Å². The first-order valence-corrected chi connectivity index (χ1v) is 2.28. The average molecular weight is 163 g/mol. The van der Waals surface area contributed by atoms with Gasteiger partial charge in [0.05, 0.1) is 0 Å². The van der Waals surface area contributed by atoms with Crippen molar-refractivity contribution in [2.75, 3.05) is 0 Å². The van der Waals surface area contributed by atoms with E-state index in [-0.39, 0.29) is 0 Å². The van der Waals surface area contributed by atoms with Crippen LogP contribution in [-0.4, -0.2) is 30.9 Å². The molecule has 0 aliphatic carbocycles. The minimum atomic E-state index is -3.21. The maximum atomic E-state index is 8.04. The van der Waals surface area contributed by atoms with Crippen LogP contribution in [-0.2, 0) is 0 Å². The van der Waals surface area contributed by atoms with Crippen molar-refractivity contribution >= 4 is 23.2 Å². The van der Waals surface area contributed by atoms with Gasteiger partial charge in [0.25, 0.3) is 0 Å². The third kappa shape index (κ3) is 2.13. The Hall–Kier alpha value is 0.420. The Balaban J connectivity index is 4.02. The molecule has 0 aromatic carbocycles. The van der Waals surface area contributed by atoms with Crippen LogP contribution in [0, 0.1) is 0 Å². The number of rotatable bonds is 1. The predicted molar refractivity (Wildman–Crippen MR) is 26.0 cm³/mol. The molecule has 0 rings (SSSR count). The zero-order valence-corrected chi connectivity index (χ0v) is 5.06. The molecule has 0 aliphatic rings. The largest absolute Gasteiger partial charge is 0.348 e. The number of alkyl halides is 2. The highest BCUT2D eigenvalue weighted by molar-refractivity contribution is 6.31. The van der Waals surface area contributed by atoms with Gasteiger partial charge in [-0.15, -0.1) is 0 Å². The first kappa shape index (κ1) is 8.42. The summed E-state index contributed by atoms with van der Waals surface area (Å²) < 4.78 is 0. The van der Waals surface area contributed by atoms with E-state index in [1.807, 2.05) is 0 Å². The predicted octanol–water partition coefficient (Wildman–Crippen LogP) is -1.26. The van der Waals surface area contributed by atoms with Gasteiger partial charge in [-0.1, -0.05) is 0 Å². The lowest BCUT2D eigenvalue weighted by Gasteiger charge is -2.22. The van der Waals surface area contributed by atoms with Gasteiger partial charge in [0.1, 0.15) is 0 Å². The molecule has 0 bridgehead atoms. The molecule has 0 atom stereocenters. The summed E-state index contributed by atoms with van der Waals surface area (Å²) in [5, 5.41) is 25.7. The minimum Gasteiger partial charge on any atom is -0.348 e. The van der Waals surface area contributed by atoms with Crippen LogP contribution in [0.4, 0.5) is 0 Å². The summed E-state index contributed by atoms with van der Waals surface area (Å²) in [4.78, 5) is 0. The molecule has 0 amide bonds. The van der Waals surface area contributed by atoms with Crippen LogP contribution in [0.25, 0.3) is 0 Å². The molecular weight excluding hydrogens is 159 g/mol. The Bertz CT molecular complexity index is 67.0. The van der Waals surface area contributed by atoms with Crippen LogP contribution in [0.1, 0.15) is 0 Å². The summed E-state index contributed by atoms with van der Waals surface area (Å²) in [6.07, 6.45) is 0. The van der Waals surface area contributed by atoms with Gasteiger partial charge >= 0.3 is 10.5 Å². The van der Waals surface area contributed by atoms with E-state index in [2.05, 4.69) is 23.2 Å². The molecule has 0 unspecified atom stereocenters. The van der Waals surface area contributed by atoms with Crippen molar-refractivity contribution in [2.45, 2.75) is 10.5 Å². The Labute approximate surface area is 54.9 Å². The van der Waals surface area contributed by atoms with Gasteiger partial charge in [0.2, 0.25) is 0 Å². The molecule has 0 spiro atoms. The highest BCUT2D eigenvalue weighted by atomic mass is 35.5. The molecule has 0 radical (unpaired) electrons. The zero-order chi connectivity index (χ0) is 7.00. The summed E-state index contributed by atoms with van der Waals surface area (Å²) in [6.45, 7) is 0. The molecule has 8 heavy (non-hydrogen) atoms. The molecular formula is C2H4Cl2O4. The second-order valence-electron chi connectivity index (χ2n) is 1.17. The van der Waals surface area contributed by atoms with Crippen molar-refractivity contribution in [3.8, 4) is 0 Å². The molecule has 50 valence electrons. The fourth-order valence-electron chi connectivity index (χ4n) is 0. The van der Waals surface area contributed by atoms with Crippen molar-refractivity contribution in [3.63, 3.8) is 0 Å². The lowest BCUT2D eigenvalue weighted by Crippen LogP contribution is -2.45. The molecule has 0 aromatic heterocycles. The molecule has 0 saturated carbocycles. The first-order valence-electron chi connectivity index (χ1n) is 1.52. The van der Waals surface area contributed by atoms with Crippen LogP contribution in [0.3, 0.4) is 0 Å². The van der Waals surface area contributed by atoms with E-state index in [4.69, 9.17) is 20.4 Å². The first-order chi connectivity index (χ1) is 3.25. The van der Waals surface area contributed by atoms with E-state index in [0.717, 1.165) is 0 Å². The van der Waals surface area contributed by atoms with E-state index in [1.165, 1.54) is 0 Å². The fourth-order valence-corrected chi connectivity index (χ4v) is 0. The molecule has 0 saturated heterocycles. The van der Waals surface area contributed by atoms with Crippen LogP contribution in [0.5, 0.6) is 0 Å². The van der Waals surface area contributed by atoms with Crippen LogP contribution < -0.4 is 0 Å². The quantitative estimate of drug-likeness (QED) is 0.287. The average Bonchev–Trinajstić information content (AvgIpc) is 1.25. The molecule has 4 nitrogen and oxygen atoms in total. The lowest BCUT2D eigenvalue weighted by atomic mass is 10.6. The fraction of sp³-hybridized carbons (Fsp3) is 1.00. The summed E-state index contributed by atoms with van der Waals surface area (Å²) in [5.41, 5.74) is 0. The third-order valence-corrected chi connectivity index (χ3v) is 1.03. The minimum absolute atomic E-state index is 3.21. The Kier molecular flexibility index (Phi) is 2.09. The van der Waals surface area contributed by atoms with Gasteiger partial charge in [0.15, 0.2) is 0 Å². The Morgan fingerprint density at radius 3 is 0.875 bits per heavy atom. The summed E-state index contributed by atoms with van der Waals surface area (Å²) in [7, 11) is 0. The van der Waals surface area contributed by atoms with E-state index in [1.54, 1.807) is 0 Å². The van der Waals surface area contributed by atoms with Crippen LogP contribution in [0.15, 0.2) is 0 Å². The van der Waals surface area contributed by atoms with E-state index < -0.39 is 10.5 Å². The maximum absolute atomic E-state index is 8.04. The van der Waals surface area contributed by atoms with Crippen molar-refractivity contribution in [2.24, 2.45) is 0 Å². The Morgan fingerprint density at radius 2 is 0.875 bits per heavy atom. The Morgan fingerprint density at radius 1 is 0.750 bits per heavy atom. The van der Waals surface area contributed by atoms with Gasteiger partial charge in [-0.2, -0.15) is 0 Å². The smallest absolute Gasteiger partial charge is 0.316 e. The number of halogens is 2. The highest BCUT2D eigenvalue weighted by Gasteiger charge is 2.44. The number of aliphatic hydroxyl groups is 4. The van der Waals surface area contributed by atoms with Crippen LogP contribution >= 0.6 is 23.2 Å². The molecule has 0 fully saturated rings. The summed E-state index contributed by atoms with van der Waals surface area (Å²) in [6, 6.07) is 0. The van der Waals surface area contributed by atoms with Gasteiger partial charge in [-0.25, -0.2) is 0 Å². The van der Waals surface area contributed by atoms with Crippen molar-refractivity contribution in [1.29, 1.82) is 0 Å². The normalized spacial score (nSPS) is 14.2. The molecule has 6 heteroatoms. The van der Waals surface area contributed by atoms with Crippen LogP contribution in [0.2, 0.25) is 0 Å². The standard InChI is InChI=1S/C2H4Cl2O4/c3-1(5,6)2(4,7)8/h5-8H. The summed E-state index contributed by atoms with van der Waals surface area (Å²) >= 11 is 8.98. The van der Waals surface area contributed by atoms with Gasteiger partial charge in [-0.05, 0) is 23.2 Å². The maximum Gasteiger partial charge on any atom is 0.316 e. The summed E-state index contributed by atoms with van der Waals surface area (Å²) in [5.74, 6) is 0. The second-order valence-corrected chi connectivity index (χ2v) is 2.23. The molecule has 0 aliphatic heterocycles. The van der Waals surface area contributed by atoms with Gasteiger partial charge in [0, 0.05) is 0 Å². The molecule has 0 aromatic rings. The van der Waals surface area contributed by atoms with E-state index in [9.17, 15) is 0 Å².